The Hall–Kier alpha value is -1.80. The van der Waals surface area contributed by atoms with E-state index >= 15 is 0 Å². The molecule has 3 rings (SSSR count). The van der Waals surface area contributed by atoms with Crippen LogP contribution in [-0.2, 0) is 6.54 Å². The molecule has 1 aliphatic heterocycles. The normalized spacial score (nSPS) is 18.9. The summed E-state index contributed by atoms with van der Waals surface area (Å²) >= 11 is 1.41. The summed E-state index contributed by atoms with van der Waals surface area (Å²) in [6.45, 7) is 5.32. The zero-order valence-electron chi connectivity index (χ0n) is 13.3. The first-order valence-corrected chi connectivity index (χ1v) is 8.80. The van der Waals surface area contributed by atoms with E-state index in [0.717, 1.165) is 30.6 Å². The van der Waals surface area contributed by atoms with Crippen molar-refractivity contribution in [1.29, 1.82) is 0 Å². The molecule has 0 aliphatic carbocycles. The summed E-state index contributed by atoms with van der Waals surface area (Å²) in [6.07, 6.45) is 5.30. The van der Waals surface area contributed by atoms with E-state index < -0.39 is 0 Å². The fourth-order valence-corrected chi connectivity index (χ4v) is 3.52. The van der Waals surface area contributed by atoms with Crippen molar-refractivity contribution in [3.8, 4) is 0 Å². The van der Waals surface area contributed by atoms with Crippen molar-refractivity contribution in [2.45, 2.75) is 38.8 Å². The summed E-state index contributed by atoms with van der Waals surface area (Å²) < 4.78 is 5.73. The van der Waals surface area contributed by atoms with Gasteiger partial charge in [-0.15, -0.1) is 0 Å². The third kappa shape index (κ3) is 4.35. The Balaban J connectivity index is 1.55. The number of likely N-dealkylation sites (tertiary alicyclic amines) is 1. The molecule has 1 saturated heterocycles. The molecule has 1 aliphatic rings. The third-order valence-corrected chi connectivity index (χ3v) is 4.91. The number of nitrogens with one attached hydrogen (secondary N) is 1. The molecule has 1 N–H and O–H groups in total. The van der Waals surface area contributed by atoms with E-state index in [0.29, 0.717) is 12.6 Å². The Kier molecular flexibility index (Phi) is 5.35. The Morgan fingerprint density at radius 3 is 3.09 bits per heavy atom. The molecule has 3 heterocycles. The predicted molar refractivity (Wildman–Crippen MR) is 90.8 cm³/mol. The molecule has 0 amide bonds. The van der Waals surface area contributed by atoms with Crippen LogP contribution in [0.15, 0.2) is 23.1 Å². The van der Waals surface area contributed by atoms with Crippen molar-refractivity contribution < 1.29 is 0 Å². The monoisotopic (exact) mass is 334 g/mol. The second kappa shape index (κ2) is 7.65. The number of anilines is 1. The van der Waals surface area contributed by atoms with Crippen LogP contribution in [0.25, 0.3) is 0 Å². The third-order valence-electron chi connectivity index (χ3n) is 4.15. The number of aromatic nitrogens is 4. The SMILES string of the molecule is Cc1nsc(NCC2CCCCN2CCn2ncccc2=O)n1. The molecule has 0 bridgehead atoms. The quantitative estimate of drug-likeness (QED) is 0.860. The minimum atomic E-state index is -0.0384. The van der Waals surface area contributed by atoms with Gasteiger partial charge in [-0.05, 0) is 32.4 Å². The van der Waals surface area contributed by atoms with Crippen LogP contribution in [0.1, 0.15) is 25.1 Å². The van der Waals surface area contributed by atoms with Crippen LogP contribution in [0.4, 0.5) is 5.13 Å². The van der Waals surface area contributed by atoms with E-state index in [-0.39, 0.29) is 5.56 Å². The van der Waals surface area contributed by atoms with Crippen LogP contribution in [0.3, 0.4) is 0 Å². The lowest BCUT2D eigenvalue weighted by atomic mass is 10.0. The first-order valence-electron chi connectivity index (χ1n) is 8.03. The van der Waals surface area contributed by atoms with Crippen molar-refractivity contribution >= 4 is 16.7 Å². The van der Waals surface area contributed by atoms with Crippen LogP contribution in [0.2, 0.25) is 0 Å². The molecule has 1 atom stereocenters. The Morgan fingerprint density at radius 1 is 1.39 bits per heavy atom. The molecule has 2 aromatic rings. The average Bonchev–Trinajstić information content (AvgIpc) is 2.98. The second-order valence-corrected chi connectivity index (χ2v) is 6.55. The molecular weight excluding hydrogens is 312 g/mol. The molecule has 0 radical (unpaired) electrons. The Bertz CT molecular complexity index is 684. The summed E-state index contributed by atoms with van der Waals surface area (Å²) in [5.41, 5.74) is -0.0384. The van der Waals surface area contributed by atoms with E-state index in [1.54, 1.807) is 18.3 Å². The molecular formula is C15H22N6OS. The molecule has 1 unspecified atom stereocenters. The number of hydrogen-bond donors (Lipinski definition) is 1. The highest BCUT2D eigenvalue weighted by Crippen LogP contribution is 2.18. The van der Waals surface area contributed by atoms with Crippen molar-refractivity contribution in [1.82, 2.24) is 24.0 Å². The van der Waals surface area contributed by atoms with Crippen LogP contribution < -0.4 is 10.9 Å². The number of hydrogen-bond acceptors (Lipinski definition) is 7. The van der Waals surface area contributed by atoms with Crippen LogP contribution in [0.5, 0.6) is 0 Å². The Morgan fingerprint density at radius 2 is 2.30 bits per heavy atom. The van der Waals surface area contributed by atoms with Crippen molar-refractivity contribution in [2.24, 2.45) is 0 Å². The van der Waals surface area contributed by atoms with Gasteiger partial charge in [0, 0.05) is 42.9 Å². The van der Waals surface area contributed by atoms with Crippen molar-refractivity contribution in [2.75, 3.05) is 25.0 Å². The minimum absolute atomic E-state index is 0.0384. The highest BCUT2D eigenvalue weighted by Gasteiger charge is 2.22. The van der Waals surface area contributed by atoms with E-state index in [2.05, 4.69) is 24.7 Å². The maximum atomic E-state index is 11.7. The lowest BCUT2D eigenvalue weighted by molar-refractivity contribution is 0.148. The molecule has 124 valence electrons. The summed E-state index contributed by atoms with van der Waals surface area (Å²) in [4.78, 5) is 18.5. The summed E-state index contributed by atoms with van der Waals surface area (Å²) in [6, 6.07) is 3.70. The van der Waals surface area contributed by atoms with Gasteiger partial charge in [-0.1, -0.05) is 6.42 Å². The van der Waals surface area contributed by atoms with Gasteiger partial charge in [0.05, 0.1) is 6.54 Å². The van der Waals surface area contributed by atoms with Gasteiger partial charge < -0.3 is 5.32 Å². The standard InChI is InChI=1S/C15H22N6OS/c1-12-18-15(23-19-12)16-11-13-5-2-3-8-20(13)9-10-21-14(22)6-4-7-17-21/h4,6-7,13H,2-3,5,8-11H2,1H3,(H,16,18,19). The Labute approximate surface area is 139 Å². The van der Waals surface area contributed by atoms with Gasteiger partial charge in [-0.3, -0.25) is 9.69 Å². The largest absolute Gasteiger partial charge is 0.359 e. The maximum Gasteiger partial charge on any atom is 0.266 e. The smallest absolute Gasteiger partial charge is 0.266 e. The topological polar surface area (TPSA) is 75.9 Å². The summed E-state index contributed by atoms with van der Waals surface area (Å²) in [5.74, 6) is 0.813. The first-order chi connectivity index (χ1) is 11.2. The maximum absolute atomic E-state index is 11.7. The predicted octanol–water partition coefficient (Wildman–Crippen LogP) is 1.37. The van der Waals surface area contributed by atoms with Crippen LogP contribution in [0, 0.1) is 6.92 Å². The fourth-order valence-electron chi connectivity index (χ4n) is 2.94. The first kappa shape index (κ1) is 16.1. The van der Waals surface area contributed by atoms with Gasteiger partial charge in [-0.2, -0.15) is 9.47 Å². The number of nitrogens with zero attached hydrogens (tertiary/aromatic N) is 5. The second-order valence-electron chi connectivity index (χ2n) is 5.80. The molecule has 0 saturated carbocycles. The van der Waals surface area contributed by atoms with Gasteiger partial charge in [0.25, 0.3) is 5.56 Å². The van der Waals surface area contributed by atoms with Crippen LogP contribution in [-0.4, -0.2) is 49.7 Å². The molecule has 2 aromatic heterocycles. The van der Waals surface area contributed by atoms with Gasteiger partial charge in [0.1, 0.15) is 5.82 Å². The van der Waals surface area contributed by atoms with Gasteiger partial charge in [0.2, 0.25) is 5.13 Å². The van der Waals surface area contributed by atoms with E-state index in [4.69, 9.17) is 0 Å². The summed E-state index contributed by atoms with van der Waals surface area (Å²) in [5, 5.41) is 8.41. The highest BCUT2D eigenvalue weighted by molar-refractivity contribution is 7.09. The van der Waals surface area contributed by atoms with Crippen molar-refractivity contribution in [3.63, 3.8) is 0 Å². The van der Waals surface area contributed by atoms with E-state index in [1.807, 2.05) is 6.92 Å². The molecule has 7 nitrogen and oxygen atoms in total. The molecule has 8 heteroatoms. The zero-order chi connectivity index (χ0) is 16.1. The average molecular weight is 334 g/mol. The van der Waals surface area contributed by atoms with Crippen molar-refractivity contribution in [3.05, 3.63) is 34.5 Å². The molecule has 0 aromatic carbocycles. The number of piperidine rings is 1. The number of aryl methyl sites for hydroxylation is 1. The number of rotatable bonds is 6. The van der Waals surface area contributed by atoms with E-state index in [9.17, 15) is 4.79 Å². The van der Waals surface area contributed by atoms with Gasteiger partial charge in [0.15, 0.2) is 0 Å². The molecule has 0 spiro atoms. The van der Waals surface area contributed by atoms with Gasteiger partial charge in [-0.25, -0.2) is 9.67 Å². The van der Waals surface area contributed by atoms with Gasteiger partial charge >= 0.3 is 0 Å². The molecule has 23 heavy (non-hydrogen) atoms. The fraction of sp³-hybridized carbons (Fsp3) is 0.600. The molecule has 1 fully saturated rings. The summed E-state index contributed by atoms with van der Waals surface area (Å²) in [7, 11) is 0. The van der Waals surface area contributed by atoms with Crippen LogP contribution >= 0.6 is 11.5 Å². The minimum Gasteiger partial charge on any atom is -0.359 e. The van der Waals surface area contributed by atoms with E-state index in [1.165, 1.54) is 35.5 Å². The highest BCUT2D eigenvalue weighted by atomic mass is 32.1. The lowest BCUT2D eigenvalue weighted by Crippen LogP contribution is -2.45. The lowest BCUT2D eigenvalue weighted by Gasteiger charge is -2.35. The zero-order valence-corrected chi connectivity index (χ0v) is 14.1.